The molecule has 3 aromatic rings. The van der Waals surface area contributed by atoms with Crippen molar-refractivity contribution in [3.05, 3.63) is 47.8 Å². The monoisotopic (exact) mass is 329 g/mol. The molecule has 0 spiro atoms. The topological polar surface area (TPSA) is 68.0 Å². The zero-order valence-electron chi connectivity index (χ0n) is 12.8. The maximum absolute atomic E-state index is 13.3. The zero-order valence-corrected chi connectivity index (χ0v) is 13.6. The van der Waals surface area contributed by atoms with E-state index in [0.29, 0.717) is 0 Å². The molecule has 0 saturated carbocycles. The van der Waals surface area contributed by atoms with E-state index in [-0.39, 0.29) is 11.7 Å². The molecule has 6 heteroatoms. The van der Waals surface area contributed by atoms with Crippen LogP contribution in [0.2, 0.25) is 0 Å². The van der Waals surface area contributed by atoms with Gasteiger partial charge in [0.05, 0.1) is 16.3 Å². The van der Waals surface area contributed by atoms with Crippen molar-refractivity contribution in [2.45, 2.75) is 19.9 Å². The quantitative estimate of drug-likeness (QED) is 0.770. The molecule has 1 aromatic heterocycles. The van der Waals surface area contributed by atoms with Crippen molar-refractivity contribution in [2.24, 2.45) is 5.73 Å². The van der Waals surface area contributed by atoms with E-state index >= 15 is 0 Å². The lowest BCUT2D eigenvalue weighted by atomic mass is 10.1. The van der Waals surface area contributed by atoms with E-state index in [2.05, 4.69) is 10.3 Å². The van der Waals surface area contributed by atoms with Gasteiger partial charge in [0.1, 0.15) is 10.8 Å². The number of benzene rings is 2. The number of hydrogen-bond acceptors (Lipinski definition) is 4. The van der Waals surface area contributed by atoms with Crippen molar-refractivity contribution in [3.63, 3.8) is 0 Å². The Balaban J connectivity index is 1.93. The number of aromatic nitrogens is 1. The molecule has 0 radical (unpaired) electrons. The standard InChI is InChI=1S/C17H16FN3OS/c1-9-7-11(3-5-13(9)20-16(22)10(2)19)17-21-14-6-4-12(18)8-15(14)23-17/h3-8,10H,19H2,1-2H3,(H,20,22)/t10-/m0/s1. The summed E-state index contributed by atoms with van der Waals surface area (Å²) in [6.07, 6.45) is 0. The van der Waals surface area contributed by atoms with E-state index in [1.54, 1.807) is 13.0 Å². The molecule has 23 heavy (non-hydrogen) atoms. The average molecular weight is 329 g/mol. The van der Waals surface area contributed by atoms with Gasteiger partial charge in [-0.25, -0.2) is 9.37 Å². The Bertz CT molecular complexity index is 889. The van der Waals surface area contributed by atoms with Crippen LogP contribution in [-0.2, 0) is 4.79 Å². The van der Waals surface area contributed by atoms with Crippen LogP contribution in [0.5, 0.6) is 0 Å². The second-order valence-electron chi connectivity index (χ2n) is 5.44. The molecule has 1 amide bonds. The van der Waals surface area contributed by atoms with Crippen LogP contribution in [0, 0.1) is 12.7 Å². The first-order valence-electron chi connectivity index (χ1n) is 7.17. The molecule has 1 heterocycles. The van der Waals surface area contributed by atoms with Gasteiger partial charge in [-0.3, -0.25) is 4.79 Å². The molecule has 0 saturated heterocycles. The van der Waals surface area contributed by atoms with Gasteiger partial charge in [-0.15, -0.1) is 11.3 Å². The number of nitrogens with two attached hydrogens (primary N) is 1. The second kappa shape index (κ2) is 6.06. The Morgan fingerprint density at radius 1 is 1.30 bits per heavy atom. The molecule has 0 aliphatic heterocycles. The predicted octanol–water partition coefficient (Wildman–Crippen LogP) is 3.70. The van der Waals surface area contributed by atoms with Crippen molar-refractivity contribution in [1.29, 1.82) is 0 Å². The van der Waals surface area contributed by atoms with E-state index in [0.717, 1.165) is 32.0 Å². The number of aryl methyl sites for hydroxylation is 1. The van der Waals surface area contributed by atoms with Crippen molar-refractivity contribution >= 4 is 33.1 Å². The SMILES string of the molecule is Cc1cc(-c2nc3ccc(F)cc3s2)ccc1NC(=O)[C@H](C)N. The molecular weight excluding hydrogens is 313 g/mol. The normalized spacial score (nSPS) is 12.3. The van der Waals surface area contributed by atoms with Crippen LogP contribution in [0.1, 0.15) is 12.5 Å². The van der Waals surface area contributed by atoms with Gasteiger partial charge in [0.2, 0.25) is 5.91 Å². The van der Waals surface area contributed by atoms with E-state index in [9.17, 15) is 9.18 Å². The van der Waals surface area contributed by atoms with Crippen LogP contribution in [0.4, 0.5) is 10.1 Å². The molecule has 0 bridgehead atoms. The van der Waals surface area contributed by atoms with Crippen LogP contribution in [-0.4, -0.2) is 16.9 Å². The molecule has 2 aromatic carbocycles. The highest BCUT2D eigenvalue weighted by Crippen LogP contribution is 2.32. The van der Waals surface area contributed by atoms with Gasteiger partial charge in [-0.05, 0) is 55.8 Å². The summed E-state index contributed by atoms with van der Waals surface area (Å²) in [4.78, 5) is 16.2. The lowest BCUT2D eigenvalue weighted by Crippen LogP contribution is -2.32. The minimum absolute atomic E-state index is 0.226. The van der Waals surface area contributed by atoms with Gasteiger partial charge in [-0.1, -0.05) is 0 Å². The Morgan fingerprint density at radius 3 is 2.78 bits per heavy atom. The first-order chi connectivity index (χ1) is 10.9. The number of nitrogens with zero attached hydrogens (tertiary/aromatic N) is 1. The summed E-state index contributed by atoms with van der Waals surface area (Å²) in [7, 11) is 0. The van der Waals surface area contributed by atoms with Crippen LogP contribution in [0.3, 0.4) is 0 Å². The molecule has 3 rings (SSSR count). The predicted molar refractivity (Wildman–Crippen MR) is 92.0 cm³/mol. The summed E-state index contributed by atoms with van der Waals surface area (Å²) in [6, 6.07) is 9.67. The molecule has 0 aliphatic rings. The number of anilines is 1. The third-order valence-electron chi connectivity index (χ3n) is 3.50. The molecule has 0 fully saturated rings. The van der Waals surface area contributed by atoms with Gasteiger partial charge in [0.25, 0.3) is 0 Å². The van der Waals surface area contributed by atoms with Gasteiger partial charge >= 0.3 is 0 Å². The fraction of sp³-hybridized carbons (Fsp3) is 0.176. The molecule has 0 aliphatic carbocycles. The van der Waals surface area contributed by atoms with E-state index in [1.807, 2.05) is 25.1 Å². The third kappa shape index (κ3) is 3.23. The lowest BCUT2D eigenvalue weighted by Gasteiger charge is -2.11. The number of fused-ring (bicyclic) bond motifs is 1. The average Bonchev–Trinajstić information content (AvgIpc) is 2.92. The summed E-state index contributed by atoms with van der Waals surface area (Å²) in [5.41, 5.74) is 8.91. The summed E-state index contributed by atoms with van der Waals surface area (Å²) in [5, 5.41) is 3.61. The van der Waals surface area contributed by atoms with Gasteiger partial charge < -0.3 is 11.1 Å². The molecule has 118 valence electrons. The Hall–Kier alpha value is -2.31. The summed E-state index contributed by atoms with van der Waals surface area (Å²) < 4.78 is 14.1. The minimum atomic E-state index is -0.562. The Kier molecular flexibility index (Phi) is 4.11. The van der Waals surface area contributed by atoms with E-state index in [4.69, 9.17) is 5.73 Å². The minimum Gasteiger partial charge on any atom is -0.325 e. The molecule has 4 nitrogen and oxygen atoms in total. The first kappa shape index (κ1) is 15.6. The molecular formula is C17H16FN3OS. The number of halogens is 1. The Morgan fingerprint density at radius 2 is 2.09 bits per heavy atom. The third-order valence-corrected chi connectivity index (χ3v) is 4.56. The van der Waals surface area contributed by atoms with Crippen LogP contribution in [0.25, 0.3) is 20.8 Å². The van der Waals surface area contributed by atoms with Crippen molar-refractivity contribution < 1.29 is 9.18 Å². The first-order valence-corrected chi connectivity index (χ1v) is 7.99. The zero-order chi connectivity index (χ0) is 16.6. The maximum atomic E-state index is 13.3. The molecule has 1 atom stereocenters. The second-order valence-corrected chi connectivity index (χ2v) is 6.47. The molecule has 0 unspecified atom stereocenters. The fourth-order valence-corrected chi connectivity index (χ4v) is 3.19. The van der Waals surface area contributed by atoms with Crippen molar-refractivity contribution in [3.8, 4) is 10.6 Å². The number of hydrogen-bond donors (Lipinski definition) is 2. The lowest BCUT2D eigenvalue weighted by molar-refractivity contribution is -0.117. The summed E-state index contributed by atoms with van der Waals surface area (Å²) in [6.45, 7) is 3.55. The number of thiazole rings is 1. The van der Waals surface area contributed by atoms with Crippen LogP contribution < -0.4 is 11.1 Å². The number of amides is 1. The Labute approximate surface area is 137 Å². The smallest absolute Gasteiger partial charge is 0.241 e. The summed E-state index contributed by atoms with van der Waals surface area (Å²) in [5.74, 6) is -0.492. The van der Waals surface area contributed by atoms with Gasteiger partial charge in [0, 0.05) is 11.3 Å². The largest absolute Gasteiger partial charge is 0.325 e. The maximum Gasteiger partial charge on any atom is 0.241 e. The van der Waals surface area contributed by atoms with Crippen molar-refractivity contribution in [2.75, 3.05) is 5.32 Å². The van der Waals surface area contributed by atoms with Gasteiger partial charge in [0.15, 0.2) is 0 Å². The summed E-state index contributed by atoms with van der Waals surface area (Å²) >= 11 is 1.44. The fourth-order valence-electron chi connectivity index (χ4n) is 2.21. The van der Waals surface area contributed by atoms with E-state index in [1.165, 1.54) is 23.5 Å². The van der Waals surface area contributed by atoms with Crippen LogP contribution in [0.15, 0.2) is 36.4 Å². The number of carbonyl (C=O) groups excluding carboxylic acids is 1. The van der Waals surface area contributed by atoms with Gasteiger partial charge in [-0.2, -0.15) is 0 Å². The van der Waals surface area contributed by atoms with Crippen molar-refractivity contribution in [1.82, 2.24) is 4.98 Å². The highest BCUT2D eigenvalue weighted by molar-refractivity contribution is 7.21. The number of carbonyl (C=O) groups is 1. The highest BCUT2D eigenvalue weighted by Gasteiger charge is 2.11. The molecule has 3 N–H and O–H groups in total. The van der Waals surface area contributed by atoms with E-state index < -0.39 is 6.04 Å². The number of nitrogens with one attached hydrogen (secondary N) is 1. The highest BCUT2D eigenvalue weighted by atomic mass is 32.1. The van der Waals surface area contributed by atoms with Crippen LogP contribution >= 0.6 is 11.3 Å². The number of rotatable bonds is 3.